The summed E-state index contributed by atoms with van der Waals surface area (Å²) in [6, 6.07) is 17.3. The van der Waals surface area contributed by atoms with Gasteiger partial charge in [-0.3, -0.25) is 4.79 Å². The van der Waals surface area contributed by atoms with Crippen LogP contribution in [0.3, 0.4) is 0 Å². The average Bonchev–Trinajstić information content (AvgIpc) is 2.49. The zero-order valence-electron chi connectivity index (χ0n) is 11.9. The molecule has 2 N–H and O–H groups in total. The molecular weight excluding hydrogens is 262 g/mol. The lowest BCUT2D eigenvalue weighted by atomic mass is 10.1. The number of nitrogens with one attached hydrogen (secondary N) is 2. The van der Waals surface area contributed by atoms with E-state index in [1.54, 1.807) is 0 Å². The second-order valence-electron chi connectivity index (χ2n) is 4.75. The number of para-hydroxylation sites is 1. The fourth-order valence-electron chi connectivity index (χ4n) is 1.92. The van der Waals surface area contributed by atoms with Crippen LogP contribution in [0.1, 0.15) is 11.1 Å². The number of nitriles is 1. The summed E-state index contributed by atoms with van der Waals surface area (Å²) in [4.78, 5) is 11.9. The Labute approximate surface area is 124 Å². The van der Waals surface area contributed by atoms with Gasteiger partial charge in [0.15, 0.2) is 0 Å². The van der Waals surface area contributed by atoms with E-state index in [9.17, 15) is 4.79 Å². The summed E-state index contributed by atoms with van der Waals surface area (Å²) in [5.41, 5.74) is 3.68. The maximum absolute atomic E-state index is 11.9. The number of carbonyl (C=O) groups is 1. The Bertz CT molecular complexity index is 656. The summed E-state index contributed by atoms with van der Waals surface area (Å²) in [6.45, 7) is 2.16. The van der Waals surface area contributed by atoms with Crippen LogP contribution < -0.4 is 10.6 Å². The van der Waals surface area contributed by atoms with E-state index in [1.165, 1.54) is 0 Å². The largest absolute Gasteiger partial charge is 0.376 e. The van der Waals surface area contributed by atoms with E-state index in [0.29, 0.717) is 6.42 Å². The van der Waals surface area contributed by atoms with Crippen LogP contribution in [0.5, 0.6) is 0 Å². The molecule has 1 amide bonds. The number of aryl methyl sites for hydroxylation is 1. The Morgan fingerprint density at radius 1 is 1.14 bits per heavy atom. The van der Waals surface area contributed by atoms with Crippen LogP contribution in [0.2, 0.25) is 0 Å². The maximum atomic E-state index is 11.9. The molecule has 2 rings (SSSR count). The number of benzene rings is 2. The van der Waals surface area contributed by atoms with E-state index in [-0.39, 0.29) is 12.5 Å². The quantitative estimate of drug-likeness (QED) is 0.883. The van der Waals surface area contributed by atoms with Crippen molar-refractivity contribution >= 4 is 17.3 Å². The van der Waals surface area contributed by atoms with Crippen molar-refractivity contribution in [1.82, 2.24) is 0 Å². The molecule has 0 spiro atoms. The van der Waals surface area contributed by atoms with Gasteiger partial charge in [-0.15, -0.1) is 0 Å². The smallest absolute Gasteiger partial charge is 0.243 e. The Balaban J connectivity index is 1.87. The minimum atomic E-state index is -0.0922. The average molecular weight is 279 g/mol. The van der Waals surface area contributed by atoms with Crippen LogP contribution in [0.15, 0.2) is 48.5 Å². The standard InChI is InChI=1S/C17H17N3O/c1-13-4-2-3-5-16(13)20-17(21)12-19-15-8-6-14(7-9-15)10-11-18/h2-9,19H,10,12H2,1H3,(H,20,21). The van der Waals surface area contributed by atoms with E-state index >= 15 is 0 Å². The van der Waals surface area contributed by atoms with Crippen LogP contribution in [0.25, 0.3) is 0 Å². The first-order valence-corrected chi connectivity index (χ1v) is 6.74. The fraction of sp³-hybridized carbons (Fsp3) is 0.176. The maximum Gasteiger partial charge on any atom is 0.243 e. The Morgan fingerprint density at radius 2 is 1.86 bits per heavy atom. The van der Waals surface area contributed by atoms with Gasteiger partial charge in [-0.05, 0) is 36.2 Å². The van der Waals surface area contributed by atoms with E-state index in [1.807, 2.05) is 55.5 Å². The van der Waals surface area contributed by atoms with Gasteiger partial charge in [0.2, 0.25) is 5.91 Å². The van der Waals surface area contributed by atoms with Gasteiger partial charge in [-0.1, -0.05) is 30.3 Å². The third-order valence-electron chi connectivity index (χ3n) is 3.11. The van der Waals surface area contributed by atoms with Crippen LogP contribution in [-0.4, -0.2) is 12.5 Å². The van der Waals surface area contributed by atoms with E-state index in [2.05, 4.69) is 16.7 Å². The lowest BCUT2D eigenvalue weighted by Gasteiger charge is -2.10. The highest BCUT2D eigenvalue weighted by Crippen LogP contribution is 2.13. The topological polar surface area (TPSA) is 64.9 Å². The number of hydrogen-bond donors (Lipinski definition) is 2. The monoisotopic (exact) mass is 279 g/mol. The Hall–Kier alpha value is -2.80. The molecule has 4 heteroatoms. The molecule has 0 saturated carbocycles. The van der Waals surface area contributed by atoms with Crippen molar-refractivity contribution in [3.05, 3.63) is 59.7 Å². The van der Waals surface area contributed by atoms with Gasteiger partial charge in [0, 0.05) is 11.4 Å². The van der Waals surface area contributed by atoms with Gasteiger partial charge < -0.3 is 10.6 Å². The third-order valence-corrected chi connectivity index (χ3v) is 3.11. The number of carbonyl (C=O) groups excluding carboxylic acids is 1. The molecule has 4 nitrogen and oxygen atoms in total. The zero-order chi connectivity index (χ0) is 15.1. The van der Waals surface area contributed by atoms with Gasteiger partial charge in [-0.25, -0.2) is 0 Å². The highest BCUT2D eigenvalue weighted by atomic mass is 16.1. The number of amides is 1. The summed E-state index contributed by atoms with van der Waals surface area (Å²) >= 11 is 0. The van der Waals surface area contributed by atoms with Crippen molar-refractivity contribution in [2.45, 2.75) is 13.3 Å². The lowest BCUT2D eigenvalue weighted by molar-refractivity contribution is -0.114. The van der Waals surface area contributed by atoms with Crippen LogP contribution in [0.4, 0.5) is 11.4 Å². The van der Waals surface area contributed by atoms with Gasteiger partial charge in [-0.2, -0.15) is 5.26 Å². The van der Waals surface area contributed by atoms with E-state index in [4.69, 9.17) is 5.26 Å². The van der Waals surface area contributed by atoms with Crippen molar-refractivity contribution < 1.29 is 4.79 Å². The molecule has 0 atom stereocenters. The van der Waals surface area contributed by atoms with Crippen molar-refractivity contribution in [1.29, 1.82) is 5.26 Å². The lowest BCUT2D eigenvalue weighted by Crippen LogP contribution is -2.22. The molecule has 0 aliphatic carbocycles. The summed E-state index contributed by atoms with van der Waals surface area (Å²) in [5.74, 6) is -0.0922. The van der Waals surface area contributed by atoms with Crippen molar-refractivity contribution in [2.75, 3.05) is 17.2 Å². The molecule has 0 radical (unpaired) electrons. The fourth-order valence-corrected chi connectivity index (χ4v) is 1.92. The van der Waals surface area contributed by atoms with Crippen LogP contribution in [0, 0.1) is 18.3 Å². The van der Waals surface area contributed by atoms with Gasteiger partial charge in [0.25, 0.3) is 0 Å². The number of hydrogen-bond acceptors (Lipinski definition) is 3. The van der Waals surface area contributed by atoms with Crippen molar-refractivity contribution in [3.8, 4) is 6.07 Å². The van der Waals surface area contributed by atoms with E-state index < -0.39 is 0 Å². The summed E-state index contributed by atoms with van der Waals surface area (Å²) < 4.78 is 0. The molecule has 0 heterocycles. The zero-order valence-corrected chi connectivity index (χ0v) is 11.9. The van der Waals surface area contributed by atoms with Crippen molar-refractivity contribution in [2.24, 2.45) is 0 Å². The molecule has 0 unspecified atom stereocenters. The minimum absolute atomic E-state index is 0.0922. The Morgan fingerprint density at radius 3 is 2.52 bits per heavy atom. The predicted molar refractivity (Wildman–Crippen MR) is 84.1 cm³/mol. The first-order chi connectivity index (χ1) is 10.2. The van der Waals surface area contributed by atoms with E-state index in [0.717, 1.165) is 22.5 Å². The molecule has 0 aromatic heterocycles. The summed E-state index contributed by atoms with van der Waals surface area (Å²) in [6.07, 6.45) is 0.397. The number of anilines is 2. The van der Waals surface area contributed by atoms with Gasteiger partial charge in [0.05, 0.1) is 19.0 Å². The first kappa shape index (κ1) is 14.6. The third kappa shape index (κ3) is 4.36. The molecular formula is C17H17N3O. The van der Waals surface area contributed by atoms with Crippen LogP contribution in [-0.2, 0) is 11.2 Å². The summed E-state index contributed by atoms with van der Waals surface area (Å²) in [5, 5.41) is 14.5. The van der Waals surface area contributed by atoms with Gasteiger partial charge in [0.1, 0.15) is 0 Å². The number of rotatable bonds is 5. The van der Waals surface area contributed by atoms with Crippen LogP contribution >= 0.6 is 0 Å². The van der Waals surface area contributed by atoms with Crippen molar-refractivity contribution in [3.63, 3.8) is 0 Å². The molecule has 106 valence electrons. The Kier molecular flexibility index (Phi) is 4.94. The highest BCUT2D eigenvalue weighted by Gasteiger charge is 2.04. The number of nitrogens with zero attached hydrogens (tertiary/aromatic N) is 1. The highest BCUT2D eigenvalue weighted by molar-refractivity contribution is 5.94. The predicted octanol–water partition coefficient (Wildman–Crippen LogP) is 3.11. The molecule has 2 aromatic rings. The molecule has 0 fully saturated rings. The SMILES string of the molecule is Cc1ccccc1NC(=O)CNc1ccc(CC#N)cc1. The second-order valence-corrected chi connectivity index (χ2v) is 4.75. The molecule has 0 bridgehead atoms. The second kappa shape index (κ2) is 7.11. The minimum Gasteiger partial charge on any atom is -0.376 e. The summed E-state index contributed by atoms with van der Waals surface area (Å²) in [7, 11) is 0. The first-order valence-electron chi connectivity index (χ1n) is 6.74. The normalized spacial score (nSPS) is 9.71. The molecule has 21 heavy (non-hydrogen) atoms. The molecule has 0 saturated heterocycles. The molecule has 0 aliphatic rings. The molecule has 0 aliphatic heterocycles. The molecule has 2 aromatic carbocycles. The van der Waals surface area contributed by atoms with Gasteiger partial charge >= 0.3 is 0 Å².